The minimum Gasteiger partial charge on any atom is -0.271 e. The van der Waals surface area contributed by atoms with E-state index in [-0.39, 0.29) is 11.5 Å². The van der Waals surface area contributed by atoms with E-state index in [9.17, 15) is 8.78 Å². The number of hydrogen-bond acceptors (Lipinski definition) is 2. The molecule has 3 N–H and O–H groups in total. The molecule has 98 valence electrons. The fourth-order valence-electron chi connectivity index (χ4n) is 3.93. The van der Waals surface area contributed by atoms with Crippen LogP contribution < -0.4 is 11.3 Å². The van der Waals surface area contributed by atoms with Gasteiger partial charge >= 0.3 is 0 Å². The monoisotopic (exact) mass is 252 g/mol. The van der Waals surface area contributed by atoms with E-state index in [1.165, 1.54) is 37.5 Å². The Kier molecular flexibility index (Phi) is 3.08. The van der Waals surface area contributed by atoms with Crippen LogP contribution in [0.3, 0.4) is 0 Å². The quantitative estimate of drug-likeness (QED) is 0.641. The van der Waals surface area contributed by atoms with Crippen molar-refractivity contribution in [3.05, 3.63) is 35.4 Å². The number of hydrazine groups is 1. The molecule has 4 heteroatoms. The Morgan fingerprint density at radius 2 is 1.89 bits per heavy atom. The van der Waals surface area contributed by atoms with Gasteiger partial charge in [-0.25, -0.2) is 8.78 Å². The average molecular weight is 252 g/mol. The SMILES string of the molecule is NNC(c1c(F)cccc1F)C1CC2CCC1C2. The Balaban J connectivity index is 1.93. The average Bonchev–Trinajstić information content (AvgIpc) is 2.96. The number of fused-ring (bicyclic) bond motifs is 2. The summed E-state index contributed by atoms with van der Waals surface area (Å²) >= 11 is 0. The molecule has 2 fully saturated rings. The molecule has 3 rings (SSSR count). The summed E-state index contributed by atoms with van der Waals surface area (Å²) in [5, 5.41) is 0. The van der Waals surface area contributed by atoms with Crippen molar-refractivity contribution < 1.29 is 8.78 Å². The van der Waals surface area contributed by atoms with Crippen LogP contribution in [-0.4, -0.2) is 0 Å². The van der Waals surface area contributed by atoms with Crippen LogP contribution in [0.5, 0.6) is 0 Å². The topological polar surface area (TPSA) is 38.0 Å². The van der Waals surface area contributed by atoms with Crippen LogP contribution in [0.1, 0.15) is 37.3 Å². The number of nitrogens with one attached hydrogen (secondary N) is 1. The molecule has 4 atom stereocenters. The second-order valence-electron chi connectivity index (χ2n) is 5.62. The normalized spacial score (nSPS) is 31.8. The van der Waals surface area contributed by atoms with Crippen molar-refractivity contribution >= 4 is 0 Å². The lowest BCUT2D eigenvalue weighted by Crippen LogP contribution is -2.37. The Labute approximate surface area is 106 Å². The molecule has 0 aromatic heterocycles. The van der Waals surface area contributed by atoms with Crippen molar-refractivity contribution in [3.8, 4) is 0 Å². The van der Waals surface area contributed by atoms with E-state index in [2.05, 4.69) is 5.43 Å². The van der Waals surface area contributed by atoms with Crippen LogP contribution in [0.4, 0.5) is 8.78 Å². The van der Waals surface area contributed by atoms with Gasteiger partial charge in [0.2, 0.25) is 0 Å². The van der Waals surface area contributed by atoms with Gasteiger partial charge in [-0.05, 0) is 49.1 Å². The molecule has 0 heterocycles. The minimum absolute atomic E-state index is 0.109. The first-order chi connectivity index (χ1) is 8.70. The molecule has 2 aliphatic carbocycles. The van der Waals surface area contributed by atoms with E-state index >= 15 is 0 Å². The molecule has 0 amide bonds. The Hall–Kier alpha value is -1.00. The van der Waals surface area contributed by atoms with Crippen LogP contribution in [0, 0.1) is 29.4 Å². The largest absolute Gasteiger partial charge is 0.271 e. The van der Waals surface area contributed by atoms with Gasteiger partial charge < -0.3 is 0 Å². The summed E-state index contributed by atoms with van der Waals surface area (Å²) in [7, 11) is 0. The van der Waals surface area contributed by atoms with Gasteiger partial charge in [-0.15, -0.1) is 0 Å². The van der Waals surface area contributed by atoms with Crippen LogP contribution >= 0.6 is 0 Å². The summed E-state index contributed by atoms with van der Waals surface area (Å²) in [6, 6.07) is 3.59. The van der Waals surface area contributed by atoms with E-state index in [1.54, 1.807) is 0 Å². The molecule has 2 nitrogen and oxygen atoms in total. The first-order valence-corrected chi connectivity index (χ1v) is 6.60. The van der Waals surface area contributed by atoms with Gasteiger partial charge in [0.1, 0.15) is 11.6 Å². The number of rotatable bonds is 3. The third kappa shape index (κ3) is 1.84. The number of halogens is 2. The minimum atomic E-state index is -0.499. The van der Waals surface area contributed by atoms with Crippen molar-refractivity contribution in [2.24, 2.45) is 23.6 Å². The van der Waals surface area contributed by atoms with E-state index in [0.717, 1.165) is 12.3 Å². The van der Waals surface area contributed by atoms with Crippen molar-refractivity contribution in [2.45, 2.75) is 31.7 Å². The number of benzene rings is 1. The first kappa shape index (κ1) is 12.1. The molecule has 2 aliphatic rings. The predicted octanol–water partition coefficient (Wildman–Crippen LogP) is 2.91. The number of nitrogens with two attached hydrogens (primary N) is 1. The van der Waals surface area contributed by atoms with Crippen molar-refractivity contribution in [2.75, 3.05) is 0 Å². The lowest BCUT2D eigenvalue weighted by Gasteiger charge is -2.30. The molecule has 1 aromatic rings. The standard InChI is InChI=1S/C14H18F2N2/c15-11-2-1-3-12(16)13(11)14(18-17)10-7-8-4-5-9(10)6-8/h1-3,8-10,14,18H,4-7,17H2. The fraction of sp³-hybridized carbons (Fsp3) is 0.571. The highest BCUT2D eigenvalue weighted by atomic mass is 19.1. The smallest absolute Gasteiger partial charge is 0.130 e. The number of hydrogen-bond donors (Lipinski definition) is 2. The zero-order valence-corrected chi connectivity index (χ0v) is 10.2. The third-order valence-corrected chi connectivity index (χ3v) is 4.71. The summed E-state index contributed by atoms with van der Waals surface area (Å²) in [5.74, 6) is 6.13. The van der Waals surface area contributed by atoms with E-state index in [4.69, 9.17) is 5.84 Å². The summed E-state index contributed by atoms with van der Waals surface area (Å²) in [6.45, 7) is 0. The molecule has 18 heavy (non-hydrogen) atoms. The predicted molar refractivity (Wildman–Crippen MR) is 65.4 cm³/mol. The van der Waals surface area contributed by atoms with Crippen LogP contribution in [0.2, 0.25) is 0 Å². The van der Waals surface area contributed by atoms with Crippen LogP contribution in [0.25, 0.3) is 0 Å². The second kappa shape index (κ2) is 4.59. The molecule has 2 saturated carbocycles. The zero-order chi connectivity index (χ0) is 12.7. The highest BCUT2D eigenvalue weighted by Crippen LogP contribution is 2.52. The van der Waals surface area contributed by atoms with Crippen LogP contribution in [0.15, 0.2) is 18.2 Å². The molecule has 0 radical (unpaired) electrons. The van der Waals surface area contributed by atoms with Gasteiger partial charge in [0.25, 0.3) is 0 Å². The molecule has 4 unspecified atom stereocenters. The highest BCUT2D eigenvalue weighted by Gasteiger charge is 2.44. The summed E-state index contributed by atoms with van der Waals surface area (Å²) in [5.41, 5.74) is 2.76. The van der Waals surface area contributed by atoms with Gasteiger partial charge in [0, 0.05) is 5.56 Å². The Bertz CT molecular complexity index is 429. The molecule has 0 saturated heterocycles. The summed E-state index contributed by atoms with van der Waals surface area (Å²) in [6.07, 6.45) is 4.66. The molecule has 0 aliphatic heterocycles. The van der Waals surface area contributed by atoms with Crippen LogP contribution in [-0.2, 0) is 0 Å². The van der Waals surface area contributed by atoms with E-state index < -0.39 is 17.7 Å². The van der Waals surface area contributed by atoms with Gasteiger partial charge in [-0.1, -0.05) is 12.5 Å². The van der Waals surface area contributed by atoms with Gasteiger partial charge in [0.15, 0.2) is 0 Å². The molecule has 2 bridgehead atoms. The fourth-order valence-corrected chi connectivity index (χ4v) is 3.93. The maximum atomic E-state index is 13.8. The lowest BCUT2D eigenvalue weighted by atomic mass is 9.80. The zero-order valence-electron chi connectivity index (χ0n) is 10.2. The van der Waals surface area contributed by atoms with E-state index in [1.807, 2.05) is 0 Å². The van der Waals surface area contributed by atoms with Crippen molar-refractivity contribution in [3.63, 3.8) is 0 Å². The highest BCUT2D eigenvalue weighted by molar-refractivity contribution is 5.24. The maximum absolute atomic E-state index is 13.8. The summed E-state index contributed by atoms with van der Waals surface area (Å²) in [4.78, 5) is 0. The van der Waals surface area contributed by atoms with E-state index in [0.29, 0.717) is 5.92 Å². The lowest BCUT2D eigenvalue weighted by molar-refractivity contribution is 0.243. The molecule has 0 spiro atoms. The molecule has 1 aromatic carbocycles. The second-order valence-corrected chi connectivity index (χ2v) is 5.62. The maximum Gasteiger partial charge on any atom is 0.130 e. The van der Waals surface area contributed by atoms with Gasteiger partial charge in [-0.3, -0.25) is 11.3 Å². The molecular weight excluding hydrogens is 234 g/mol. The van der Waals surface area contributed by atoms with Gasteiger partial charge in [-0.2, -0.15) is 0 Å². The van der Waals surface area contributed by atoms with Gasteiger partial charge in [0.05, 0.1) is 6.04 Å². The summed E-state index contributed by atoms with van der Waals surface area (Å²) < 4.78 is 27.7. The molecular formula is C14H18F2N2. The Morgan fingerprint density at radius 3 is 2.39 bits per heavy atom. The third-order valence-electron chi connectivity index (χ3n) is 4.71. The van der Waals surface area contributed by atoms with Crippen molar-refractivity contribution in [1.82, 2.24) is 5.43 Å². The first-order valence-electron chi connectivity index (χ1n) is 6.60. The van der Waals surface area contributed by atoms with Crippen molar-refractivity contribution in [1.29, 1.82) is 0 Å². The Morgan fingerprint density at radius 1 is 1.17 bits per heavy atom.